The lowest BCUT2D eigenvalue weighted by Gasteiger charge is -2.12. The number of carbonyl (C=O) groups is 1. The van der Waals surface area contributed by atoms with E-state index in [1.165, 1.54) is 26.0 Å². The molecule has 4 aromatic rings. The number of aromatic nitrogens is 3. The van der Waals surface area contributed by atoms with Gasteiger partial charge in [0.15, 0.2) is 0 Å². The van der Waals surface area contributed by atoms with Crippen molar-refractivity contribution < 1.29 is 4.79 Å². The number of nitrogens with one attached hydrogen (secondary N) is 1. The Hall–Kier alpha value is -3.26. The van der Waals surface area contributed by atoms with Gasteiger partial charge in [-0.2, -0.15) is 0 Å². The van der Waals surface area contributed by atoms with Crippen molar-refractivity contribution in [1.82, 2.24) is 14.1 Å². The van der Waals surface area contributed by atoms with E-state index < -0.39 is 5.69 Å². The summed E-state index contributed by atoms with van der Waals surface area (Å²) in [6, 6.07) is 11.2. The number of pyridine rings is 1. The maximum atomic E-state index is 13.1. The van der Waals surface area contributed by atoms with Crippen LogP contribution in [0.5, 0.6) is 0 Å². The summed E-state index contributed by atoms with van der Waals surface area (Å²) in [6.45, 7) is 4.08. The molecule has 0 bridgehead atoms. The molecule has 4 rings (SSSR count). The molecule has 0 saturated carbocycles. The summed E-state index contributed by atoms with van der Waals surface area (Å²) in [5.74, 6) is -0.326. The van der Waals surface area contributed by atoms with Crippen LogP contribution >= 0.6 is 11.3 Å². The van der Waals surface area contributed by atoms with Crippen molar-refractivity contribution in [3.05, 3.63) is 69.0 Å². The molecule has 0 spiro atoms. The number of hydrogen-bond acceptors (Lipinski definition) is 5. The predicted octanol–water partition coefficient (Wildman–Crippen LogP) is 3.38. The van der Waals surface area contributed by atoms with Gasteiger partial charge in [0.25, 0.3) is 5.56 Å². The van der Waals surface area contributed by atoms with Crippen LogP contribution in [0.2, 0.25) is 0 Å². The van der Waals surface area contributed by atoms with Crippen molar-refractivity contribution in [1.29, 1.82) is 0 Å². The second-order valence-electron chi connectivity index (χ2n) is 7.06. The number of fused-ring (bicyclic) bond motifs is 3. The average molecular weight is 423 g/mol. The third-order valence-electron chi connectivity index (χ3n) is 5.01. The van der Waals surface area contributed by atoms with E-state index in [-0.39, 0.29) is 18.0 Å². The van der Waals surface area contributed by atoms with Crippen LogP contribution in [-0.4, -0.2) is 20.0 Å². The zero-order chi connectivity index (χ0) is 21.3. The Morgan fingerprint density at radius 2 is 1.87 bits per heavy atom. The van der Waals surface area contributed by atoms with Crippen molar-refractivity contribution in [2.45, 2.75) is 39.8 Å². The van der Waals surface area contributed by atoms with E-state index in [0.29, 0.717) is 39.1 Å². The fourth-order valence-corrected chi connectivity index (χ4v) is 4.61. The Balaban J connectivity index is 1.81. The molecule has 0 aliphatic rings. The molecular weight excluding hydrogens is 400 g/mol. The molecule has 0 radical (unpaired) electrons. The molecule has 0 aliphatic heterocycles. The van der Waals surface area contributed by atoms with Crippen LogP contribution in [0.3, 0.4) is 0 Å². The van der Waals surface area contributed by atoms with Crippen LogP contribution in [0.4, 0.5) is 5.69 Å². The number of benzene rings is 1. The van der Waals surface area contributed by atoms with E-state index in [1.54, 1.807) is 12.3 Å². The van der Waals surface area contributed by atoms with Crippen molar-refractivity contribution in [2.24, 2.45) is 0 Å². The SMILES string of the molecule is CCCn1c(=O)c2sc3ncccc3c2n(CC(=O)Nc2ccc(CC)cc2)c1=O. The Kier molecular flexibility index (Phi) is 5.50. The van der Waals surface area contributed by atoms with E-state index in [0.717, 1.165) is 6.42 Å². The molecule has 1 amide bonds. The van der Waals surface area contributed by atoms with Gasteiger partial charge in [-0.25, -0.2) is 9.78 Å². The number of nitrogens with zero attached hydrogens (tertiary/aromatic N) is 3. The quantitative estimate of drug-likeness (QED) is 0.516. The molecule has 0 aliphatic carbocycles. The molecule has 1 N–H and O–H groups in total. The highest BCUT2D eigenvalue weighted by molar-refractivity contribution is 7.25. The van der Waals surface area contributed by atoms with E-state index in [4.69, 9.17) is 0 Å². The number of carbonyl (C=O) groups excluding carboxylic acids is 1. The van der Waals surface area contributed by atoms with Crippen LogP contribution in [0.1, 0.15) is 25.8 Å². The summed E-state index contributed by atoms with van der Waals surface area (Å²) in [7, 11) is 0. The fraction of sp³-hybridized carbons (Fsp3) is 0.273. The minimum Gasteiger partial charge on any atom is -0.325 e. The first-order valence-electron chi connectivity index (χ1n) is 9.93. The Morgan fingerprint density at radius 1 is 1.10 bits per heavy atom. The van der Waals surface area contributed by atoms with Crippen molar-refractivity contribution in [2.75, 3.05) is 5.32 Å². The molecule has 30 heavy (non-hydrogen) atoms. The van der Waals surface area contributed by atoms with Gasteiger partial charge in [-0.3, -0.25) is 18.7 Å². The number of hydrogen-bond donors (Lipinski definition) is 1. The summed E-state index contributed by atoms with van der Waals surface area (Å²) >= 11 is 1.25. The third kappa shape index (κ3) is 3.54. The molecule has 1 aromatic carbocycles. The van der Waals surface area contributed by atoms with Gasteiger partial charge in [-0.05, 0) is 42.7 Å². The Morgan fingerprint density at radius 3 is 2.57 bits per heavy atom. The van der Waals surface area contributed by atoms with Crippen LogP contribution in [0.15, 0.2) is 52.2 Å². The monoisotopic (exact) mass is 422 g/mol. The van der Waals surface area contributed by atoms with Crippen LogP contribution < -0.4 is 16.6 Å². The van der Waals surface area contributed by atoms with E-state index >= 15 is 0 Å². The summed E-state index contributed by atoms with van der Waals surface area (Å²) < 4.78 is 3.04. The Labute approximate surface area is 176 Å². The molecule has 7 nitrogen and oxygen atoms in total. The van der Waals surface area contributed by atoms with E-state index in [2.05, 4.69) is 17.2 Å². The number of amides is 1. The maximum absolute atomic E-state index is 13.1. The van der Waals surface area contributed by atoms with Crippen LogP contribution in [-0.2, 0) is 24.3 Å². The standard InChI is InChI=1S/C22H22N4O3S/c1-3-12-25-21(28)19-18(16-6-5-11-23-20(16)30-19)26(22(25)29)13-17(27)24-15-9-7-14(4-2)8-10-15/h5-11H,3-4,12-13H2,1-2H3,(H,24,27). The summed E-state index contributed by atoms with van der Waals surface area (Å²) in [5.41, 5.74) is 1.51. The molecule has 0 saturated heterocycles. The normalized spacial score (nSPS) is 11.3. The molecular formula is C22H22N4O3S. The van der Waals surface area contributed by atoms with Gasteiger partial charge in [-0.15, -0.1) is 11.3 Å². The lowest BCUT2D eigenvalue weighted by Crippen LogP contribution is -2.41. The molecule has 8 heteroatoms. The van der Waals surface area contributed by atoms with Gasteiger partial charge in [0, 0.05) is 23.8 Å². The van der Waals surface area contributed by atoms with Crippen molar-refractivity contribution >= 4 is 43.4 Å². The second-order valence-corrected chi connectivity index (χ2v) is 8.06. The fourth-order valence-electron chi connectivity index (χ4n) is 3.52. The first kappa shape index (κ1) is 20.0. The van der Waals surface area contributed by atoms with Crippen molar-refractivity contribution in [3.8, 4) is 0 Å². The summed E-state index contributed by atoms with van der Waals surface area (Å²) in [4.78, 5) is 43.8. The molecule has 0 unspecified atom stereocenters. The van der Waals surface area contributed by atoms with Gasteiger partial charge in [0.2, 0.25) is 5.91 Å². The molecule has 0 atom stereocenters. The first-order valence-corrected chi connectivity index (χ1v) is 10.7. The molecule has 3 heterocycles. The minimum atomic E-state index is -0.477. The van der Waals surface area contributed by atoms with Crippen molar-refractivity contribution in [3.63, 3.8) is 0 Å². The number of anilines is 1. The molecule has 0 fully saturated rings. The van der Waals surface area contributed by atoms with Gasteiger partial charge in [0.05, 0.1) is 5.52 Å². The second kappa shape index (κ2) is 8.23. The van der Waals surface area contributed by atoms with E-state index in [9.17, 15) is 14.4 Å². The smallest absolute Gasteiger partial charge is 0.325 e. The van der Waals surface area contributed by atoms with Gasteiger partial charge >= 0.3 is 5.69 Å². The Bertz CT molecular complexity index is 1350. The highest BCUT2D eigenvalue weighted by Gasteiger charge is 2.20. The zero-order valence-electron chi connectivity index (χ0n) is 16.8. The van der Waals surface area contributed by atoms with Crippen LogP contribution in [0, 0.1) is 0 Å². The van der Waals surface area contributed by atoms with E-state index in [1.807, 2.05) is 37.3 Å². The largest absolute Gasteiger partial charge is 0.332 e. The lowest BCUT2D eigenvalue weighted by molar-refractivity contribution is -0.116. The predicted molar refractivity (Wildman–Crippen MR) is 120 cm³/mol. The molecule has 154 valence electrons. The minimum absolute atomic E-state index is 0.185. The lowest BCUT2D eigenvalue weighted by atomic mass is 10.1. The number of rotatable bonds is 6. The van der Waals surface area contributed by atoms with Gasteiger partial charge < -0.3 is 5.32 Å². The number of aryl methyl sites for hydroxylation is 1. The highest BCUT2D eigenvalue weighted by atomic mass is 32.1. The number of thiophene rings is 1. The van der Waals surface area contributed by atoms with Gasteiger partial charge in [0.1, 0.15) is 16.1 Å². The first-order chi connectivity index (χ1) is 14.5. The van der Waals surface area contributed by atoms with Crippen LogP contribution in [0.25, 0.3) is 20.4 Å². The topological polar surface area (TPSA) is 86.0 Å². The molecule has 3 aromatic heterocycles. The maximum Gasteiger partial charge on any atom is 0.332 e. The highest BCUT2D eigenvalue weighted by Crippen LogP contribution is 2.29. The summed E-state index contributed by atoms with van der Waals surface area (Å²) in [5, 5.41) is 3.55. The average Bonchev–Trinajstić information content (AvgIpc) is 3.14. The third-order valence-corrected chi connectivity index (χ3v) is 6.10. The summed E-state index contributed by atoms with van der Waals surface area (Å²) in [6.07, 6.45) is 3.21. The van der Waals surface area contributed by atoms with Gasteiger partial charge in [-0.1, -0.05) is 26.0 Å². The zero-order valence-corrected chi connectivity index (χ0v) is 17.7.